The van der Waals surface area contributed by atoms with Crippen LogP contribution in [0.1, 0.15) is 6.92 Å². The first-order valence-electron chi connectivity index (χ1n) is 8.53. The van der Waals surface area contributed by atoms with Crippen molar-refractivity contribution in [2.75, 3.05) is 36.5 Å². The van der Waals surface area contributed by atoms with Crippen LogP contribution in [0, 0.1) is 0 Å². The Kier molecular flexibility index (Phi) is 6.20. The van der Waals surface area contributed by atoms with Crippen LogP contribution in [0.2, 0.25) is 5.02 Å². The van der Waals surface area contributed by atoms with Crippen molar-refractivity contribution < 1.29 is 14.3 Å². The van der Waals surface area contributed by atoms with Gasteiger partial charge in [-0.05, 0) is 43.3 Å². The van der Waals surface area contributed by atoms with Crippen LogP contribution in [0.3, 0.4) is 0 Å². The van der Waals surface area contributed by atoms with Gasteiger partial charge in [-0.1, -0.05) is 23.7 Å². The summed E-state index contributed by atoms with van der Waals surface area (Å²) in [7, 11) is 0. The van der Waals surface area contributed by atoms with E-state index in [-0.39, 0.29) is 6.03 Å². The molecule has 1 aliphatic rings. The summed E-state index contributed by atoms with van der Waals surface area (Å²) in [6, 6.07) is 14.4. The molecular formula is C19H22ClN3O3. The SMILES string of the molecule is CC(NC(=O)Nc1ccccc1N1CCOCC1)Oc1ccc(Cl)cc1. The molecule has 1 heterocycles. The Labute approximate surface area is 158 Å². The molecule has 7 heteroatoms. The van der Waals surface area contributed by atoms with E-state index in [1.54, 1.807) is 31.2 Å². The fourth-order valence-corrected chi connectivity index (χ4v) is 2.88. The van der Waals surface area contributed by atoms with Gasteiger partial charge in [-0.2, -0.15) is 0 Å². The van der Waals surface area contributed by atoms with Crippen LogP contribution >= 0.6 is 11.6 Å². The average Bonchev–Trinajstić information content (AvgIpc) is 2.64. The maximum Gasteiger partial charge on any atom is 0.322 e. The molecular weight excluding hydrogens is 354 g/mol. The second kappa shape index (κ2) is 8.78. The minimum Gasteiger partial charge on any atom is -0.471 e. The predicted molar refractivity (Wildman–Crippen MR) is 103 cm³/mol. The zero-order valence-corrected chi connectivity index (χ0v) is 15.3. The third-order valence-electron chi connectivity index (χ3n) is 3.96. The Balaban J connectivity index is 1.58. The van der Waals surface area contributed by atoms with Crippen LogP contribution in [0.15, 0.2) is 48.5 Å². The number of benzene rings is 2. The summed E-state index contributed by atoms with van der Waals surface area (Å²) in [5, 5.41) is 6.31. The molecule has 2 aromatic rings. The first kappa shape index (κ1) is 18.4. The van der Waals surface area contributed by atoms with E-state index in [0.29, 0.717) is 24.0 Å². The first-order valence-corrected chi connectivity index (χ1v) is 8.91. The second-order valence-electron chi connectivity index (χ2n) is 5.93. The van der Waals surface area contributed by atoms with Gasteiger partial charge in [0.15, 0.2) is 6.23 Å². The Bertz CT molecular complexity index is 733. The maximum atomic E-state index is 12.3. The van der Waals surface area contributed by atoms with Gasteiger partial charge in [0.05, 0.1) is 24.6 Å². The molecule has 0 radical (unpaired) electrons. The lowest BCUT2D eigenvalue weighted by Gasteiger charge is -2.30. The standard InChI is InChI=1S/C19H22ClN3O3/c1-14(26-16-8-6-15(20)7-9-16)21-19(24)22-17-4-2-3-5-18(17)23-10-12-25-13-11-23/h2-9,14H,10-13H2,1H3,(H2,21,22,24). The Morgan fingerprint density at radius 1 is 1.15 bits per heavy atom. The van der Waals surface area contributed by atoms with E-state index in [9.17, 15) is 4.79 Å². The molecule has 0 spiro atoms. The number of rotatable bonds is 5. The highest BCUT2D eigenvalue weighted by Gasteiger charge is 2.16. The molecule has 1 atom stereocenters. The Morgan fingerprint density at radius 2 is 1.85 bits per heavy atom. The molecule has 3 rings (SSSR count). The van der Waals surface area contributed by atoms with E-state index in [2.05, 4.69) is 15.5 Å². The minimum atomic E-state index is -0.494. The molecule has 2 amide bonds. The third-order valence-corrected chi connectivity index (χ3v) is 4.22. The summed E-state index contributed by atoms with van der Waals surface area (Å²) in [6.45, 7) is 4.74. The Morgan fingerprint density at radius 3 is 2.58 bits per heavy atom. The normalized spacial score (nSPS) is 15.2. The lowest BCUT2D eigenvalue weighted by Crippen LogP contribution is -2.40. The van der Waals surface area contributed by atoms with Crippen molar-refractivity contribution in [2.45, 2.75) is 13.2 Å². The number of anilines is 2. The number of halogens is 1. The monoisotopic (exact) mass is 375 g/mol. The third kappa shape index (κ3) is 5.03. The smallest absolute Gasteiger partial charge is 0.322 e. The molecule has 2 aromatic carbocycles. The number of carbonyl (C=O) groups is 1. The molecule has 1 unspecified atom stereocenters. The lowest BCUT2D eigenvalue weighted by molar-refractivity contribution is 0.123. The average molecular weight is 376 g/mol. The van der Waals surface area contributed by atoms with Crippen molar-refractivity contribution in [3.8, 4) is 5.75 Å². The van der Waals surface area contributed by atoms with E-state index >= 15 is 0 Å². The summed E-state index contributed by atoms with van der Waals surface area (Å²) in [4.78, 5) is 14.5. The number of hydrogen-bond donors (Lipinski definition) is 2. The van der Waals surface area contributed by atoms with Gasteiger partial charge in [0.2, 0.25) is 0 Å². The van der Waals surface area contributed by atoms with E-state index in [1.807, 2.05) is 24.3 Å². The van der Waals surface area contributed by atoms with Crippen molar-refractivity contribution >= 4 is 29.0 Å². The predicted octanol–water partition coefficient (Wildman–Crippen LogP) is 3.72. The molecule has 0 saturated carbocycles. The zero-order chi connectivity index (χ0) is 18.4. The summed E-state index contributed by atoms with van der Waals surface area (Å²) in [5.41, 5.74) is 1.74. The summed E-state index contributed by atoms with van der Waals surface area (Å²) < 4.78 is 11.1. The van der Waals surface area contributed by atoms with Crippen LogP contribution in [0.4, 0.5) is 16.2 Å². The highest BCUT2D eigenvalue weighted by molar-refractivity contribution is 6.30. The molecule has 1 aliphatic heterocycles. The number of nitrogens with zero attached hydrogens (tertiary/aromatic N) is 1. The molecule has 1 saturated heterocycles. The second-order valence-corrected chi connectivity index (χ2v) is 6.37. The molecule has 0 aliphatic carbocycles. The van der Waals surface area contributed by atoms with Gasteiger partial charge in [-0.25, -0.2) is 4.79 Å². The van der Waals surface area contributed by atoms with E-state index in [4.69, 9.17) is 21.1 Å². The molecule has 1 fully saturated rings. The van der Waals surface area contributed by atoms with Crippen LogP contribution in [0.5, 0.6) is 5.75 Å². The number of ether oxygens (including phenoxy) is 2. The van der Waals surface area contributed by atoms with Gasteiger partial charge >= 0.3 is 6.03 Å². The number of carbonyl (C=O) groups excluding carboxylic acids is 1. The van der Waals surface area contributed by atoms with Gasteiger partial charge in [0.1, 0.15) is 5.75 Å². The van der Waals surface area contributed by atoms with Crippen LogP contribution in [-0.2, 0) is 4.74 Å². The lowest BCUT2D eigenvalue weighted by atomic mass is 10.2. The van der Waals surface area contributed by atoms with Crippen LogP contribution in [0.25, 0.3) is 0 Å². The number of para-hydroxylation sites is 2. The topological polar surface area (TPSA) is 62.8 Å². The number of hydrogen-bond acceptors (Lipinski definition) is 4. The first-order chi connectivity index (χ1) is 12.6. The number of nitrogens with one attached hydrogen (secondary N) is 2. The molecule has 26 heavy (non-hydrogen) atoms. The molecule has 0 aromatic heterocycles. The molecule has 0 bridgehead atoms. The van der Waals surface area contributed by atoms with Gasteiger partial charge in [-0.15, -0.1) is 0 Å². The van der Waals surface area contributed by atoms with Crippen molar-refractivity contribution in [3.05, 3.63) is 53.6 Å². The fourth-order valence-electron chi connectivity index (χ4n) is 2.75. The number of morpholine rings is 1. The summed E-state index contributed by atoms with van der Waals surface area (Å²) in [5.74, 6) is 0.635. The van der Waals surface area contributed by atoms with Gasteiger partial charge in [0, 0.05) is 18.1 Å². The highest BCUT2D eigenvalue weighted by Crippen LogP contribution is 2.26. The quantitative estimate of drug-likeness (QED) is 0.782. The largest absolute Gasteiger partial charge is 0.471 e. The zero-order valence-electron chi connectivity index (χ0n) is 14.6. The number of urea groups is 1. The van der Waals surface area contributed by atoms with Crippen molar-refractivity contribution in [1.82, 2.24) is 5.32 Å². The highest BCUT2D eigenvalue weighted by atomic mass is 35.5. The van der Waals surface area contributed by atoms with Gasteiger partial charge in [0.25, 0.3) is 0 Å². The molecule has 138 valence electrons. The molecule has 2 N–H and O–H groups in total. The van der Waals surface area contributed by atoms with Gasteiger partial charge in [-0.3, -0.25) is 0 Å². The minimum absolute atomic E-state index is 0.327. The van der Waals surface area contributed by atoms with E-state index in [1.165, 1.54) is 0 Å². The van der Waals surface area contributed by atoms with E-state index < -0.39 is 6.23 Å². The Hall–Kier alpha value is -2.44. The van der Waals surface area contributed by atoms with Crippen molar-refractivity contribution in [3.63, 3.8) is 0 Å². The maximum absolute atomic E-state index is 12.3. The van der Waals surface area contributed by atoms with Crippen molar-refractivity contribution in [2.24, 2.45) is 0 Å². The summed E-state index contributed by atoms with van der Waals surface area (Å²) >= 11 is 5.85. The fraction of sp³-hybridized carbons (Fsp3) is 0.316. The van der Waals surface area contributed by atoms with E-state index in [0.717, 1.165) is 24.5 Å². The van der Waals surface area contributed by atoms with Crippen LogP contribution in [-0.4, -0.2) is 38.6 Å². The van der Waals surface area contributed by atoms with Gasteiger partial charge < -0.3 is 25.0 Å². The molecule has 6 nitrogen and oxygen atoms in total. The summed E-state index contributed by atoms with van der Waals surface area (Å²) in [6.07, 6.45) is -0.494. The number of amides is 2. The van der Waals surface area contributed by atoms with Crippen LogP contribution < -0.4 is 20.3 Å². The van der Waals surface area contributed by atoms with Crippen molar-refractivity contribution in [1.29, 1.82) is 0 Å².